The van der Waals surface area contributed by atoms with Crippen LogP contribution in [-0.4, -0.2) is 16.2 Å². The maximum absolute atomic E-state index is 10.9. The Kier molecular flexibility index (Phi) is 3.00. The first kappa shape index (κ1) is 11.5. The number of fused-ring (bicyclic) bond motifs is 1. The van der Waals surface area contributed by atoms with Gasteiger partial charge in [0.2, 0.25) is 0 Å². The highest BCUT2D eigenvalue weighted by Gasteiger charge is 2.10. The molecule has 2 aromatic carbocycles. The molecule has 0 unspecified atom stereocenters. The van der Waals surface area contributed by atoms with Crippen molar-refractivity contribution in [2.24, 2.45) is 0 Å². The molecule has 0 aliphatic rings. The van der Waals surface area contributed by atoms with Crippen LogP contribution < -0.4 is 0 Å². The van der Waals surface area contributed by atoms with Gasteiger partial charge in [0.15, 0.2) is 0 Å². The van der Waals surface area contributed by atoms with Gasteiger partial charge in [0.25, 0.3) is 0 Å². The number of hydrogen-bond donors (Lipinski definition) is 2. The number of aromatic hydroxyl groups is 1. The van der Waals surface area contributed by atoms with Crippen LogP contribution in [-0.2, 0) is 6.42 Å². The number of carboxylic acid groups (broad SMARTS) is 1. The fourth-order valence-corrected chi connectivity index (χ4v) is 1.83. The molecule has 3 nitrogen and oxygen atoms in total. The molecule has 17 heavy (non-hydrogen) atoms. The van der Waals surface area contributed by atoms with E-state index in [-0.39, 0.29) is 11.3 Å². The van der Waals surface area contributed by atoms with Crippen LogP contribution >= 0.6 is 0 Å². The monoisotopic (exact) mass is 228 g/mol. The molecule has 0 saturated heterocycles. The average molecular weight is 228 g/mol. The van der Waals surface area contributed by atoms with Crippen LogP contribution in [0.2, 0.25) is 0 Å². The topological polar surface area (TPSA) is 57.5 Å². The van der Waals surface area contributed by atoms with Gasteiger partial charge in [-0.2, -0.15) is 0 Å². The van der Waals surface area contributed by atoms with E-state index in [1.807, 2.05) is 18.2 Å². The number of rotatable bonds is 3. The van der Waals surface area contributed by atoms with E-state index in [2.05, 4.69) is 0 Å². The number of hydrogen-bond acceptors (Lipinski definition) is 2. The van der Waals surface area contributed by atoms with Crippen LogP contribution in [0, 0.1) is 6.92 Å². The number of carbonyl (C=O) groups is 1. The summed E-state index contributed by atoms with van der Waals surface area (Å²) in [7, 11) is 0. The van der Waals surface area contributed by atoms with Crippen molar-refractivity contribution < 1.29 is 15.0 Å². The number of aryl methyl sites for hydroxylation is 1. The number of carboxylic acids is 1. The fraction of sp³-hybridized carbons (Fsp3) is 0.143. The summed E-state index contributed by atoms with van der Waals surface area (Å²) < 4.78 is 0. The summed E-state index contributed by atoms with van der Waals surface area (Å²) in [5.41, 5.74) is 0.976. The third-order valence-corrected chi connectivity index (χ3v) is 2.68. The summed E-state index contributed by atoms with van der Waals surface area (Å²) in [5.74, 6) is -1.34. The average Bonchev–Trinajstić information content (AvgIpc) is 2.28. The third-order valence-electron chi connectivity index (χ3n) is 2.68. The van der Waals surface area contributed by atoms with Gasteiger partial charge in [-0.25, -0.2) is 4.79 Å². The fourth-order valence-electron chi connectivity index (χ4n) is 1.83. The minimum atomic E-state index is -1.13. The number of aromatic carboxylic acids is 1. The van der Waals surface area contributed by atoms with E-state index in [9.17, 15) is 9.90 Å². The van der Waals surface area contributed by atoms with E-state index in [4.69, 9.17) is 12.0 Å². The Hall–Kier alpha value is -2.03. The summed E-state index contributed by atoms with van der Waals surface area (Å²) in [4.78, 5) is 10.9. The molecule has 0 aromatic heterocycles. The molecule has 3 heteroatoms. The minimum Gasteiger partial charge on any atom is -0.507 e. The molecule has 0 bridgehead atoms. The van der Waals surface area contributed by atoms with Gasteiger partial charge in [-0.3, -0.25) is 0 Å². The molecule has 0 amide bonds. The highest BCUT2D eigenvalue weighted by Crippen LogP contribution is 2.26. The van der Waals surface area contributed by atoms with Crippen molar-refractivity contribution in [3.8, 4) is 5.75 Å². The zero-order valence-corrected chi connectivity index (χ0v) is 9.18. The van der Waals surface area contributed by atoms with Crippen molar-refractivity contribution in [3.05, 3.63) is 48.4 Å². The van der Waals surface area contributed by atoms with Crippen molar-refractivity contribution in [3.63, 3.8) is 0 Å². The van der Waals surface area contributed by atoms with Gasteiger partial charge < -0.3 is 10.2 Å². The molecule has 0 saturated carbocycles. The first-order valence-corrected chi connectivity index (χ1v) is 5.31. The molecule has 0 fully saturated rings. The quantitative estimate of drug-likeness (QED) is 0.849. The second-order valence-electron chi connectivity index (χ2n) is 3.89. The number of phenols is 1. The summed E-state index contributed by atoms with van der Waals surface area (Å²) in [6, 6.07) is 8.62. The minimum absolute atomic E-state index is 0.0811. The maximum atomic E-state index is 10.9. The first-order valence-electron chi connectivity index (χ1n) is 5.31. The Morgan fingerprint density at radius 2 is 1.94 bits per heavy atom. The number of benzene rings is 2. The van der Waals surface area contributed by atoms with Crippen LogP contribution in [0.25, 0.3) is 10.8 Å². The summed E-state index contributed by atoms with van der Waals surface area (Å²) in [6.45, 7) is 5.47. The molecule has 2 rings (SSSR count). The van der Waals surface area contributed by atoms with E-state index >= 15 is 0 Å². The lowest BCUT2D eigenvalue weighted by Gasteiger charge is -2.05. The second-order valence-corrected chi connectivity index (χ2v) is 3.89. The van der Waals surface area contributed by atoms with Crippen molar-refractivity contribution in [2.75, 3.05) is 0 Å². The van der Waals surface area contributed by atoms with Gasteiger partial charge in [0.1, 0.15) is 11.3 Å². The van der Waals surface area contributed by atoms with Crippen LogP contribution in [0.4, 0.5) is 0 Å². The van der Waals surface area contributed by atoms with Crippen molar-refractivity contribution in [2.45, 2.75) is 12.8 Å². The molecule has 0 atom stereocenters. The van der Waals surface area contributed by atoms with Gasteiger partial charge in [0, 0.05) is 0 Å². The van der Waals surface area contributed by atoms with Crippen molar-refractivity contribution in [1.82, 2.24) is 0 Å². The molecule has 86 valence electrons. The Balaban J connectivity index is 2.59. The Labute approximate surface area is 99.3 Å². The molecule has 2 N–H and O–H groups in total. The predicted molar refractivity (Wildman–Crippen MR) is 65.2 cm³/mol. The SMILES string of the molecule is [CH]CCc1ccc2cc(O)c(C(=O)O)cc2c1. The predicted octanol–water partition coefficient (Wildman–Crippen LogP) is 2.89. The van der Waals surface area contributed by atoms with Crippen LogP contribution in [0.5, 0.6) is 5.75 Å². The Bertz CT molecular complexity index is 573. The summed E-state index contributed by atoms with van der Waals surface area (Å²) in [6.07, 6.45) is 1.30. The molecule has 2 radical (unpaired) electrons. The van der Waals surface area contributed by atoms with Gasteiger partial charge >= 0.3 is 5.97 Å². The van der Waals surface area contributed by atoms with Gasteiger partial charge in [-0.15, -0.1) is 0 Å². The maximum Gasteiger partial charge on any atom is 0.339 e. The van der Waals surface area contributed by atoms with E-state index in [1.165, 1.54) is 12.1 Å². The lowest BCUT2D eigenvalue weighted by atomic mass is 10.0. The highest BCUT2D eigenvalue weighted by molar-refractivity contribution is 5.97. The van der Waals surface area contributed by atoms with Crippen LogP contribution in [0.1, 0.15) is 22.3 Å². The molecule has 0 heterocycles. The zero-order valence-electron chi connectivity index (χ0n) is 9.18. The normalized spacial score (nSPS) is 10.6. The molecule has 2 aromatic rings. The highest BCUT2D eigenvalue weighted by atomic mass is 16.4. The Morgan fingerprint density at radius 3 is 2.59 bits per heavy atom. The molecule has 0 spiro atoms. The molecule has 0 aliphatic heterocycles. The zero-order chi connectivity index (χ0) is 12.4. The van der Waals surface area contributed by atoms with Crippen LogP contribution in [0.3, 0.4) is 0 Å². The molecular formula is C14H12O3. The van der Waals surface area contributed by atoms with Gasteiger partial charge in [-0.05, 0) is 48.2 Å². The van der Waals surface area contributed by atoms with Gasteiger partial charge in [-0.1, -0.05) is 18.2 Å². The summed E-state index contributed by atoms with van der Waals surface area (Å²) in [5, 5.41) is 20.1. The Morgan fingerprint density at radius 1 is 1.18 bits per heavy atom. The van der Waals surface area contributed by atoms with E-state index < -0.39 is 5.97 Å². The molecule has 0 aliphatic carbocycles. The first-order chi connectivity index (χ1) is 8.11. The summed E-state index contributed by atoms with van der Waals surface area (Å²) >= 11 is 0. The third kappa shape index (κ3) is 2.23. The van der Waals surface area contributed by atoms with Crippen molar-refractivity contribution >= 4 is 16.7 Å². The van der Waals surface area contributed by atoms with E-state index in [0.29, 0.717) is 6.42 Å². The standard InChI is InChI=1S/C14H12O3/c1-2-3-9-4-5-10-8-13(15)12(14(16)17)7-11(10)6-9/h1,4-8,15H,2-3H2,(H,16,17). The van der Waals surface area contributed by atoms with E-state index in [0.717, 1.165) is 22.8 Å². The molecular weight excluding hydrogens is 216 g/mol. The van der Waals surface area contributed by atoms with Gasteiger partial charge in [0.05, 0.1) is 0 Å². The second kappa shape index (κ2) is 4.45. The smallest absolute Gasteiger partial charge is 0.339 e. The lowest BCUT2D eigenvalue weighted by molar-refractivity contribution is 0.0694. The largest absolute Gasteiger partial charge is 0.507 e. The van der Waals surface area contributed by atoms with Crippen LogP contribution in [0.15, 0.2) is 30.3 Å². The lowest BCUT2D eigenvalue weighted by Crippen LogP contribution is -1.96. The van der Waals surface area contributed by atoms with Crippen molar-refractivity contribution in [1.29, 1.82) is 0 Å². The van der Waals surface area contributed by atoms with E-state index in [1.54, 1.807) is 0 Å².